The number of hydrogen-bond acceptors (Lipinski definition) is 7. The van der Waals surface area contributed by atoms with Gasteiger partial charge in [-0.1, -0.05) is 11.8 Å². The average Bonchev–Trinajstić information content (AvgIpc) is 3.22. The molecule has 0 saturated heterocycles. The highest BCUT2D eigenvalue weighted by molar-refractivity contribution is 8.00. The molecule has 3 rings (SSSR count). The van der Waals surface area contributed by atoms with E-state index in [0.29, 0.717) is 37.9 Å². The highest BCUT2D eigenvalue weighted by Gasteiger charge is 2.27. The fraction of sp³-hybridized carbons (Fsp3) is 0.333. The predicted octanol–water partition coefficient (Wildman–Crippen LogP) is 3.09. The van der Waals surface area contributed by atoms with Crippen molar-refractivity contribution in [1.82, 2.24) is 14.5 Å². The van der Waals surface area contributed by atoms with Gasteiger partial charge >= 0.3 is 5.97 Å². The largest absolute Gasteiger partial charge is 0.465 e. The molecule has 3 aromatic heterocycles. The summed E-state index contributed by atoms with van der Waals surface area (Å²) in [5.74, 6) is -0.650. The summed E-state index contributed by atoms with van der Waals surface area (Å²) in [7, 11) is 2.95. The van der Waals surface area contributed by atoms with Crippen molar-refractivity contribution in [1.29, 1.82) is 0 Å². The van der Waals surface area contributed by atoms with E-state index in [1.54, 1.807) is 33.9 Å². The van der Waals surface area contributed by atoms with E-state index in [4.69, 9.17) is 4.74 Å². The van der Waals surface area contributed by atoms with Crippen molar-refractivity contribution in [3.8, 4) is 0 Å². The summed E-state index contributed by atoms with van der Waals surface area (Å²) in [6.45, 7) is 5.19. The Hall–Kier alpha value is -2.39. The number of carbonyl (C=O) groups is 2. The maximum Gasteiger partial charge on any atom is 0.339 e. The Morgan fingerprint density at radius 1 is 1.37 bits per heavy atom. The first kappa shape index (κ1) is 19.4. The molecule has 7 nitrogen and oxygen atoms in total. The van der Waals surface area contributed by atoms with Gasteiger partial charge in [0.05, 0.1) is 29.1 Å². The molecule has 0 aliphatic rings. The van der Waals surface area contributed by atoms with Gasteiger partial charge in [0.2, 0.25) is 0 Å². The average molecular weight is 406 g/mol. The van der Waals surface area contributed by atoms with Gasteiger partial charge in [-0.2, -0.15) is 0 Å². The van der Waals surface area contributed by atoms with Crippen LogP contribution >= 0.6 is 23.1 Å². The van der Waals surface area contributed by atoms with Gasteiger partial charge in [-0.25, -0.2) is 9.78 Å². The van der Waals surface area contributed by atoms with E-state index in [0.717, 1.165) is 0 Å². The zero-order valence-corrected chi connectivity index (χ0v) is 17.2. The summed E-state index contributed by atoms with van der Waals surface area (Å²) in [6, 6.07) is 1.79. The van der Waals surface area contributed by atoms with E-state index in [1.807, 2.05) is 5.38 Å². The molecule has 1 atom stereocenters. The molecule has 0 radical (unpaired) electrons. The summed E-state index contributed by atoms with van der Waals surface area (Å²) in [5.41, 5.74) is 2.40. The molecule has 0 aromatic carbocycles. The van der Waals surface area contributed by atoms with E-state index in [-0.39, 0.29) is 11.3 Å². The monoisotopic (exact) mass is 405 g/mol. The maximum absolute atomic E-state index is 12.9. The summed E-state index contributed by atoms with van der Waals surface area (Å²) in [5, 5.41) is 1.80. The highest BCUT2D eigenvalue weighted by Crippen LogP contribution is 2.28. The molecule has 0 spiro atoms. The Morgan fingerprint density at radius 3 is 2.74 bits per heavy atom. The van der Waals surface area contributed by atoms with Crippen LogP contribution in [0.2, 0.25) is 0 Å². The topological polar surface area (TPSA) is 94.1 Å². The minimum Gasteiger partial charge on any atom is -0.465 e. The quantitative estimate of drug-likeness (QED) is 0.303. The Labute approximate surface area is 163 Å². The Morgan fingerprint density at radius 2 is 2.07 bits per heavy atom. The van der Waals surface area contributed by atoms with Crippen molar-refractivity contribution < 1.29 is 14.3 Å². The number of hydrogen-bond donors (Lipinski definition) is 1. The van der Waals surface area contributed by atoms with Gasteiger partial charge in [0.25, 0.3) is 5.56 Å². The van der Waals surface area contributed by atoms with Crippen LogP contribution in [0.15, 0.2) is 21.4 Å². The van der Waals surface area contributed by atoms with Gasteiger partial charge in [-0.3, -0.25) is 14.2 Å². The number of fused-ring (bicyclic) bond motifs is 1. The van der Waals surface area contributed by atoms with Crippen LogP contribution in [-0.2, 0) is 11.8 Å². The number of esters is 1. The lowest BCUT2D eigenvalue weighted by atomic mass is 10.1. The molecule has 142 valence electrons. The number of rotatable bonds is 5. The van der Waals surface area contributed by atoms with Gasteiger partial charge in [0.15, 0.2) is 10.9 Å². The fourth-order valence-electron chi connectivity index (χ4n) is 2.89. The summed E-state index contributed by atoms with van der Waals surface area (Å²) in [6.07, 6.45) is 0. The molecular weight excluding hydrogens is 386 g/mol. The third-order valence-corrected chi connectivity index (χ3v) is 6.41. The van der Waals surface area contributed by atoms with Crippen LogP contribution in [0.3, 0.4) is 0 Å². The van der Waals surface area contributed by atoms with Crippen LogP contribution in [0, 0.1) is 13.8 Å². The normalized spacial score (nSPS) is 12.3. The SMILES string of the molecule is COC(=O)c1c(C)[nH]c(C(=O)C(C)Sc2nc3ccsc3c(=O)n2C)c1C. The van der Waals surface area contributed by atoms with Crippen molar-refractivity contribution in [3.05, 3.63) is 44.3 Å². The molecule has 1 N–H and O–H groups in total. The zero-order valence-electron chi connectivity index (χ0n) is 15.6. The van der Waals surface area contributed by atoms with Gasteiger partial charge in [0.1, 0.15) is 4.70 Å². The minimum atomic E-state index is -0.499. The molecule has 9 heteroatoms. The molecule has 0 aliphatic heterocycles. The Bertz CT molecular complexity index is 1110. The van der Waals surface area contributed by atoms with Crippen molar-refractivity contribution in [2.24, 2.45) is 7.05 Å². The molecule has 0 aliphatic carbocycles. The molecule has 3 aromatic rings. The second kappa shape index (κ2) is 7.32. The first-order valence-electron chi connectivity index (χ1n) is 8.18. The number of thioether (sulfide) groups is 1. The lowest BCUT2D eigenvalue weighted by Crippen LogP contribution is -2.22. The fourth-order valence-corrected chi connectivity index (χ4v) is 4.63. The van der Waals surface area contributed by atoms with E-state index in [9.17, 15) is 14.4 Å². The molecule has 1 unspecified atom stereocenters. The van der Waals surface area contributed by atoms with Gasteiger partial charge < -0.3 is 9.72 Å². The smallest absolute Gasteiger partial charge is 0.339 e. The zero-order chi connectivity index (χ0) is 19.9. The number of aromatic amines is 1. The molecule has 0 fully saturated rings. The lowest BCUT2D eigenvalue weighted by Gasteiger charge is -2.12. The van der Waals surface area contributed by atoms with Crippen molar-refractivity contribution in [2.45, 2.75) is 31.2 Å². The van der Waals surface area contributed by atoms with Crippen LogP contribution in [0.4, 0.5) is 0 Å². The Balaban J connectivity index is 1.92. The molecule has 0 saturated carbocycles. The van der Waals surface area contributed by atoms with E-state index in [2.05, 4.69) is 9.97 Å². The number of aryl methyl sites for hydroxylation is 1. The molecule has 0 bridgehead atoms. The third kappa shape index (κ3) is 3.32. The number of thiophene rings is 1. The van der Waals surface area contributed by atoms with Crippen molar-refractivity contribution in [2.75, 3.05) is 7.11 Å². The number of H-pyrrole nitrogens is 1. The van der Waals surface area contributed by atoms with Crippen molar-refractivity contribution >= 4 is 45.1 Å². The summed E-state index contributed by atoms with van der Waals surface area (Å²) < 4.78 is 6.84. The van der Waals surface area contributed by atoms with Gasteiger partial charge in [-0.05, 0) is 37.8 Å². The lowest BCUT2D eigenvalue weighted by molar-refractivity contribution is 0.0599. The predicted molar refractivity (Wildman–Crippen MR) is 106 cm³/mol. The molecule has 0 amide bonds. The molecular formula is C18H19N3O4S2. The maximum atomic E-state index is 12.9. The Kier molecular flexibility index (Phi) is 5.25. The van der Waals surface area contributed by atoms with Crippen LogP contribution in [0.1, 0.15) is 39.0 Å². The number of carbonyl (C=O) groups excluding carboxylic acids is 2. The molecule has 27 heavy (non-hydrogen) atoms. The van der Waals surface area contributed by atoms with Gasteiger partial charge in [-0.15, -0.1) is 11.3 Å². The number of methoxy groups -OCH3 is 1. The number of nitrogens with zero attached hydrogens (tertiary/aromatic N) is 2. The van der Waals surface area contributed by atoms with E-state index < -0.39 is 11.2 Å². The van der Waals surface area contributed by atoms with E-state index >= 15 is 0 Å². The molecule has 3 heterocycles. The standard InChI is InChI=1S/C18H19N3O4S2/c1-8-12(17(24)25-5)9(2)19-13(8)14(22)10(3)27-18-20-11-6-7-26-15(11)16(23)21(18)4/h6-7,10,19H,1-5H3. The number of Topliss-reactive ketones (excluding diaryl/α,β-unsaturated/α-hetero) is 1. The first-order chi connectivity index (χ1) is 12.8. The first-order valence-corrected chi connectivity index (χ1v) is 9.94. The van der Waals surface area contributed by atoms with Crippen LogP contribution in [0.25, 0.3) is 10.2 Å². The second-order valence-electron chi connectivity index (χ2n) is 6.13. The van der Waals surface area contributed by atoms with Gasteiger partial charge in [0, 0.05) is 12.7 Å². The summed E-state index contributed by atoms with van der Waals surface area (Å²) in [4.78, 5) is 44.8. The summed E-state index contributed by atoms with van der Waals surface area (Å²) >= 11 is 2.56. The van der Waals surface area contributed by atoms with Crippen LogP contribution in [0.5, 0.6) is 0 Å². The van der Waals surface area contributed by atoms with Crippen molar-refractivity contribution in [3.63, 3.8) is 0 Å². The second-order valence-corrected chi connectivity index (χ2v) is 8.36. The van der Waals surface area contributed by atoms with E-state index in [1.165, 1.54) is 34.8 Å². The van der Waals surface area contributed by atoms with Crippen LogP contribution in [-0.4, -0.2) is 38.6 Å². The number of nitrogens with one attached hydrogen (secondary N) is 1. The number of ether oxygens (including phenoxy) is 1. The number of ketones is 1. The minimum absolute atomic E-state index is 0.128. The number of aromatic nitrogens is 3. The van der Waals surface area contributed by atoms with Crippen LogP contribution < -0.4 is 5.56 Å². The highest BCUT2D eigenvalue weighted by atomic mass is 32.2. The third-order valence-electron chi connectivity index (χ3n) is 4.37.